The Hall–Kier alpha value is -1.54. The van der Waals surface area contributed by atoms with Crippen LogP contribution in [0, 0.1) is 11.6 Å². The maximum absolute atomic E-state index is 13.9. The molecule has 0 unspecified atom stereocenters. The Kier molecular flexibility index (Phi) is 3.55. The van der Waals surface area contributed by atoms with Crippen LogP contribution in [-0.2, 0) is 14.8 Å². The van der Waals surface area contributed by atoms with E-state index < -0.39 is 38.1 Å². The molecule has 0 aromatic heterocycles. The van der Waals surface area contributed by atoms with Gasteiger partial charge >= 0.3 is 5.97 Å². The van der Waals surface area contributed by atoms with Crippen molar-refractivity contribution in [1.29, 1.82) is 0 Å². The van der Waals surface area contributed by atoms with Gasteiger partial charge in [0.25, 0.3) is 0 Å². The minimum atomic E-state index is -4.38. The van der Waals surface area contributed by atoms with Gasteiger partial charge in [0.2, 0.25) is 10.0 Å². The van der Waals surface area contributed by atoms with Crippen LogP contribution in [0.5, 0.6) is 0 Å². The number of ether oxygens (including phenoxy) is 1. The standard InChI is InChI=1S/C11H11F2NO4S/c12-7-4-5-8(19(14,16)17)10(13)9(7)11(15)18-6-2-1-3-6/h4-6H,1-3H2,(H2,14,16,17). The highest BCUT2D eigenvalue weighted by Gasteiger charge is 2.29. The molecule has 1 aromatic rings. The summed E-state index contributed by atoms with van der Waals surface area (Å²) < 4.78 is 54.3. The van der Waals surface area contributed by atoms with Crippen molar-refractivity contribution in [3.05, 3.63) is 29.3 Å². The first kappa shape index (κ1) is 13.9. The van der Waals surface area contributed by atoms with Crippen LogP contribution < -0.4 is 5.14 Å². The van der Waals surface area contributed by atoms with E-state index in [0.717, 1.165) is 6.42 Å². The highest BCUT2D eigenvalue weighted by atomic mass is 32.2. The average Bonchev–Trinajstić information content (AvgIpc) is 2.21. The van der Waals surface area contributed by atoms with Crippen LogP contribution in [0.15, 0.2) is 17.0 Å². The molecule has 19 heavy (non-hydrogen) atoms. The van der Waals surface area contributed by atoms with Gasteiger partial charge in [-0.15, -0.1) is 0 Å². The molecule has 1 saturated carbocycles. The predicted molar refractivity (Wildman–Crippen MR) is 60.8 cm³/mol. The Morgan fingerprint density at radius 1 is 1.32 bits per heavy atom. The summed E-state index contributed by atoms with van der Waals surface area (Å²) in [6.45, 7) is 0. The van der Waals surface area contributed by atoms with Crippen LogP contribution in [0.1, 0.15) is 29.6 Å². The number of rotatable bonds is 3. The lowest BCUT2D eigenvalue weighted by Crippen LogP contribution is -2.26. The number of halogens is 2. The Morgan fingerprint density at radius 3 is 2.42 bits per heavy atom. The number of sulfonamides is 1. The van der Waals surface area contributed by atoms with Gasteiger partial charge in [-0.25, -0.2) is 27.1 Å². The molecule has 2 rings (SSSR count). The summed E-state index contributed by atoms with van der Waals surface area (Å²) in [5.74, 6) is -3.92. The predicted octanol–water partition coefficient (Wildman–Crippen LogP) is 1.32. The summed E-state index contributed by atoms with van der Waals surface area (Å²) in [4.78, 5) is 10.7. The van der Waals surface area contributed by atoms with Gasteiger partial charge in [-0.3, -0.25) is 0 Å². The second-order valence-electron chi connectivity index (χ2n) is 4.24. The Balaban J connectivity index is 2.41. The van der Waals surface area contributed by atoms with Gasteiger partial charge < -0.3 is 4.74 Å². The maximum Gasteiger partial charge on any atom is 0.344 e. The fourth-order valence-corrected chi connectivity index (χ4v) is 2.25. The number of hydrogen-bond acceptors (Lipinski definition) is 4. The lowest BCUT2D eigenvalue weighted by Gasteiger charge is -2.25. The van der Waals surface area contributed by atoms with E-state index in [0.29, 0.717) is 25.0 Å². The van der Waals surface area contributed by atoms with Crippen LogP contribution in [0.4, 0.5) is 8.78 Å². The van der Waals surface area contributed by atoms with Gasteiger partial charge in [-0.2, -0.15) is 0 Å². The second kappa shape index (κ2) is 4.86. The molecule has 1 fully saturated rings. The zero-order chi connectivity index (χ0) is 14.2. The molecule has 0 heterocycles. The molecule has 1 aromatic carbocycles. The number of carbonyl (C=O) groups excluding carboxylic acids is 1. The molecule has 0 radical (unpaired) electrons. The highest BCUT2D eigenvalue weighted by molar-refractivity contribution is 7.89. The number of carbonyl (C=O) groups is 1. The second-order valence-corrected chi connectivity index (χ2v) is 5.77. The molecule has 0 saturated heterocycles. The minimum absolute atomic E-state index is 0.371. The topological polar surface area (TPSA) is 86.5 Å². The van der Waals surface area contributed by atoms with Crippen LogP contribution in [-0.4, -0.2) is 20.5 Å². The summed E-state index contributed by atoms with van der Waals surface area (Å²) in [6.07, 6.45) is 1.76. The van der Waals surface area contributed by atoms with Gasteiger partial charge in [0.15, 0.2) is 5.82 Å². The van der Waals surface area contributed by atoms with Crippen molar-refractivity contribution in [1.82, 2.24) is 0 Å². The number of esters is 1. The van der Waals surface area contributed by atoms with Crippen molar-refractivity contribution in [2.24, 2.45) is 5.14 Å². The molecule has 0 bridgehead atoms. The van der Waals surface area contributed by atoms with Crippen molar-refractivity contribution in [3.8, 4) is 0 Å². The third kappa shape index (κ3) is 2.74. The first-order valence-electron chi connectivity index (χ1n) is 5.52. The van der Waals surface area contributed by atoms with Crippen LogP contribution in [0.25, 0.3) is 0 Å². The molecule has 0 amide bonds. The van der Waals surface area contributed by atoms with Crippen molar-refractivity contribution >= 4 is 16.0 Å². The molecule has 104 valence electrons. The number of hydrogen-bond donors (Lipinski definition) is 1. The van der Waals surface area contributed by atoms with E-state index in [4.69, 9.17) is 9.88 Å². The highest BCUT2D eigenvalue weighted by Crippen LogP contribution is 2.26. The third-order valence-corrected chi connectivity index (χ3v) is 3.82. The molecule has 8 heteroatoms. The van der Waals surface area contributed by atoms with Crippen LogP contribution in [0.3, 0.4) is 0 Å². The van der Waals surface area contributed by atoms with E-state index in [1.165, 1.54) is 0 Å². The lowest BCUT2D eigenvalue weighted by molar-refractivity contribution is 0.00797. The summed E-state index contributed by atoms with van der Waals surface area (Å²) in [5, 5.41) is 4.77. The number of primary sulfonamides is 1. The van der Waals surface area contributed by atoms with Crippen molar-refractivity contribution in [2.45, 2.75) is 30.3 Å². The largest absolute Gasteiger partial charge is 0.459 e. The van der Waals surface area contributed by atoms with E-state index in [1.807, 2.05) is 0 Å². The van der Waals surface area contributed by atoms with E-state index in [-0.39, 0.29) is 6.10 Å². The molecule has 0 atom stereocenters. The molecule has 1 aliphatic carbocycles. The van der Waals surface area contributed by atoms with Gasteiger partial charge in [0.1, 0.15) is 22.4 Å². The van der Waals surface area contributed by atoms with Crippen LogP contribution in [0.2, 0.25) is 0 Å². The van der Waals surface area contributed by atoms with Gasteiger partial charge in [-0.05, 0) is 31.4 Å². The van der Waals surface area contributed by atoms with Crippen molar-refractivity contribution in [2.75, 3.05) is 0 Å². The molecular weight excluding hydrogens is 280 g/mol. The SMILES string of the molecule is NS(=O)(=O)c1ccc(F)c(C(=O)OC2CCC2)c1F. The quantitative estimate of drug-likeness (QED) is 0.851. The fourth-order valence-electron chi connectivity index (χ4n) is 1.64. The first-order chi connectivity index (χ1) is 8.80. The van der Waals surface area contributed by atoms with E-state index in [1.54, 1.807) is 0 Å². The molecule has 1 aliphatic rings. The van der Waals surface area contributed by atoms with Gasteiger partial charge in [0, 0.05) is 0 Å². The Morgan fingerprint density at radius 2 is 1.95 bits per heavy atom. The molecule has 2 N–H and O–H groups in total. The molecule has 0 aliphatic heterocycles. The number of nitrogens with two attached hydrogens (primary N) is 1. The zero-order valence-electron chi connectivity index (χ0n) is 9.73. The van der Waals surface area contributed by atoms with Crippen LogP contribution >= 0.6 is 0 Å². The van der Waals surface area contributed by atoms with E-state index >= 15 is 0 Å². The van der Waals surface area contributed by atoms with E-state index in [2.05, 4.69) is 0 Å². The smallest absolute Gasteiger partial charge is 0.344 e. The monoisotopic (exact) mass is 291 g/mol. The lowest BCUT2D eigenvalue weighted by atomic mass is 9.96. The summed E-state index contributed by atoms with van der Waals surface area (Å²) in [7, 11) is -4.38. The molecular formula is C11H11F2NO4S. The maximum atomic E-state index is 13.9. The normalized spacial score (nSPS) is 15.9. The third-order valence-electron chi connectivity index (χ3n) is 2.89. The Labute approximate surface area is 108 Å². The summed E-state index contributed by atoms with van der Waals surface area (Å²) in [5.41, 5.74) is -1.03. The van der Waals surface area contributed by atoms with Crippen molar-refractivity contribution in [3.63, 3.8) is 0 Å². The van der Waals surface area contributed by atoms with Gasteiger partial charge in [0.05, 0.1) is 0 Å². The number of benzene rings is 1. The zero-order valence-corrected chi connectivity index (χ0v) is 10.5. The van der Waals surface area contributed by atoms with Crippen molar-refractivity contribution < 1.29 is 26.7 Å². The summed E-state index contributed by atoms with van der Waals surface area (Å²) >= 11 is 0. The molecule has 0 spiro atoms. The Bertz CT molecular complexity index is 626. The first-order valence-corrected chi connectivity index (χ1v) is 7.07. The average molecular weight is 291 g/mol. The van der Waals surface area contributed by atoms with E-state index in [9.17, 15) is 22.0 Å². The fraction of sp³-hybridized carbons (Fsp3) is 0.364. The summed E-state index contributed by atoms with van der Waals surface area (Å²) in [6, 6.07) is 1.33. The minimum Gasteiger partial charge on any atom is -0.459 e. The molecule has 5 nitrogen and oxygen atoms in total. The van der Waals surface area contributed by atoms with Gasteiger partial charge in [-0.1, -0.05) is 0 Å².